The zero-order valence-corrected chi connectivity index (χ0v) is 15.8. The molecule has 0 fully saturated rings. The highest BCUT2D eigenvalue weighted by molar-refractivity contribution is 5.84. The molecular weight excluding hydrogens is 368 g/mol. The maximum Gasteiger partial charge on any atom is 0.305 e. The van der Waals surface area contributed by atoms with Crippen molar-refractivity contribution in [2.24, 2.45) is 0 Å². The Morgan fingerprint density at radius 1 is 1.11 bits per heavy atom. The second kappa shape index (κ2) is 9.82. The Balaban J connectivity index is 2.26. The molecule has 150 valence electrons. The maximum absolute atomic E-state index is 13.5. The van der Waals surface area contributed by atoms with Crippen LogP contribution in [0.1, 0.15) is 36.8 Å². The van der Waals surface area contributed by atoms with Crippen LogP contribution in [0.4, 0.5) is 8.78 Å². The first kappa shape index (κ1) is 21.3. The van der Waals surface area contributed by atoms with E-state index >= 15 is 0 Å². The summed E-state index contributed by atoms with van der Waals surface area (Å²) in [6, 6.07) is 10.5. The average Bonchev–Trinajstić information content (AvgIpc) is 2.68. The van der Waals surface area contributed by atoms with Crippen molar-refractivity contribution in [1.82, 2.24) is 4.90 Å². The topological polar surface area (TPSA) is 66.8 Å². The molecule has 2 aromatic carbocycles. The van der Waals surface area contributed by atoms with Gasteiger partial charge in [0.1, 0.15) is 5.75 Å². The second-order valence-electron chi connectivity index (χ2n) is 6.39. The quantitative estimate of drug-likeness (QED) is 0.702. The predicted octanol–water partition coefficient (Wildman–Crippen LogP) is 3.97. The Bertz CT molecular complexity index is 824. The number of nitrogens with zero attached hydrogens (tertiary/aromatic N) is 1. The molecular formula is C21H23F2NO4. The highest BCUT2D eigenvalue weighted by Gasteiger charge is 2.25. The Morgan fingerprint density at radius 2 is 1.79 bits per heavy atom. The zero-order valence-electron chi connectivity index (χ0n) is 15.8. The molecule has 7 heteroatoms. The third-order valence-corrected chi connectivity index (χ3v) is 4.49. The number of carboxylic acids is 1. The fraction of sp³-hybridized carbons (Fsp3) is 0.333. The van der Waals surface area contributed by atoms with Gasteiger partial charge in [0.15, 0.2) is 11.6 Å². The molecule has 5 nitrogen and oxygen atoms in total. The molecule has 0 aliphatic heterocycles. The largest absolute Gasteiger partial charge is 0.497 e. The van der Waals surface area contributed by atoms with E-state index in [9.17, 15) is 18.4 Å². The van der Waals surface area contributed by atoms with E-state index in [2.05, 4.69) is 0 Å². The molecule has 2 aromatic rings. The molecule has 1 amide bonds. The van der Waals surface area contributed by atoms with Crippen LogP contribution < -0.4 is 4.74 Å². The molecule has 0 radical (unpaired) electrons. The smallest absolute Gasteiger partial charge is 0.305 e. The fourth-order valence-electron chi connectivity index (χ4n) is 2.97. The Morgan fingerprint density at radius 3 is 2.32 bits per heavy atom. The number of carboxylic acid groups (broad SMARTS) is 1. The molecule has 1 unspecified atom stereocenters. The van der Waals surface area contributed by atoms with Crippen LogP contribution in [0.2, 0.25) is 0 Å². The Labute approximate surface area is 162 Å². The molecule has 0 saturated carbocycles. The van der Waals surface area contributed by atoms with Crippen molar-refractivity contribution >= 4 is 11.9 Å². The van der Waals surface area contributed by atoms with Crippen LogP contribution in [-0.2, 0) is 16.1 Å². The van der Waals surface area contributed by atoms with Crippen molar-refractivity contribution in [2.75, 3.05) is 13.7 Å². The van der Waals surface area contributed by atoms with E-state index in [1.54, 1.807) is 31.4 Å². The van der Waals surface area contributed by atoms with Crippen LogP contribution in [0.5, 0.6) is 5.75 Å². The Kier molecular flexibility index (Phi) is 7.49. The normalized spacial score (nSPS) is 11.7. The van der Waals surface area contributed by atoms with Gasteiger partial charge < -0.3 is 14.7 Å². The molecule has 1 N–H and O–H groups in total. The van der Waals surface area contributed by atoms with Gasteiger partial charge in [0.25, 0.3) is 0 Å². The first-order valence-electron chi connectivity index (χ1n) is 8.94. The minimum atomic E-state index is -1.04. The number of rotatable bonds is 9. The number of aliphatic carboxylic acids is 1. The molecule has 0 bridgehead atoms. The van der Waals surface area contributed by atoms with Gasteiger partial charge in [0.05, 0.1) is 19.4 Å². The molecule has 28 heavy (non-hydrogen) atoms. The molecule has 0 saturated heterocycles. The van der Waals surface area contributed by atoms with Crippen LogP contribution in [0.3, 0.4) is 0 Å². The SMILES string of the molecule is CCC(C(=O)N(CCC(=O)O)Cc1ccc(F)c(F)c1)c1ccc(OC)cc1. The van der Waals surface area contributed by atoms with Crippen molar-refractivity contribution in [3.8, 4) is 5.75 Å². The van der Waals surface area contributed by atoms with E-state index < -0.39 is 23.5 Å². The van der Waals surface area contributed by atoms with E-state index in [1.165, 1.54) is 11.0 Å². The minimum Gasteiger partial charge on any atom is -0.497 e. The van der Waals surface area contributed by atoms with Crippen molar-refractivity contribution < 1.29 is 28.2 Å². The summed E-state index contributed by atoms with van der Waals surface area (Å²) < 4.78 is 31.8. The minimum absolute atomic E-state index is 0.00400. The van der Waals surface area contributed by atoms with Crippen LogP contribution in [0.15, 0.2) is 42.5 Å². The summed E-state index contributed by atoms with van der Waals surface area (Å²) in [4.78, 5) is 25.5. The average molecular weight is 391 g/mol. The molecule has 1 atom stereocenters. The van der Waals surface area contributed by atoms with E-state index in [1.807, 2.05) is 6.92 Å². The van der Waals surface area contributed by atoms with E-state index in [4.69, 9.17) is 9.84 Å². The summed E-state index contributed by atoms with van der Waals surface area (Å²) in [5.74, 6) is -3.11. The summed E-state index contributed by atoms with van der Waals surface area (Å²) >= 11 is 0. The number of benzene rings is 2. The molecule has 2 rings (SSSR count). The van der Waals surface area contributed by atoms with Crippen molar-refractivity contribution in [3.63, 3.8) is 0 Å². The lowest BCUT2D eigenvalue weighted by atomic mass is 9.94. The summed E-state index contributed by atoms with van der Waals surface area (Å²) in [7, 11) is 1.55. The van der Waals surface area contributed by atoms with Gasteiger partial charge in [-0.05, 0) is 41.8 Å². The van der Waals surface area contributed by atoms with Crippen molar-refractivity contribution in [2.45, 2.75) is 32.2 Å². The number of amides is 1. The van der Waals surface area contributed by atoms with Crippen molar-refractivity contribution in [1.29, 1.82) is 0 Å². The summed E-state index contributed by atoms with van der Waals surface area (Å²) in [5.41, 5.74) is 1.17. The van der Waals surface area contributed by atoms with Gasteiger partial charge in [-0.2, -0.15) is 0 Å². The third kappa shape index (κ3) is 5.52. The third-order valence-electron chi connectivity index (χ3n) is 4.49. The predicted molar refractivity (Wildman–Crippen MR) is 100 cm³/mol. The molecule has 0 heterocycles. The second-order valence-corrected chi connectivity index (χ2v) is 6.39. The lowest BCUT2D eigenvalue weighted by molar-refractivity contribution is -0.139. The number of carbonyl (C=O) groups is 2. The fourth-order valence-corrected chi connectivity index (χ4v) is 2.97. The lowest BCUT2D eigenvalue weighted by Crippen LogP contribution is -2.36. The van der Waals surface area contributed by atoms with Gasteiger partial charge in [-0.3, -0.25) is 9.59 Å². The van der Waals surface area contributed by atoms with E-state index in [0.29, 0.717) is 17.7 Å². The number of halogens is 2. The van der Waals surface area contributed by atoms with Crippen LogP contribution in [0.25, 0.3) is 0 Å². The molecule has 0 spiro atoms. The standard InChI is InChI=1S/C21H23F2NO4/c1-3-17(15-5-7-16(28-2)8-6-15)21(27)24(11-10-20(25)26)13-14-4-9-18(22)19(23)12-14/h4-9,12,17H,3,10-11,13H2,1-2H3,(H,25,26). The van der Waals surface area contributed by atoms with Crippen LogP contribution in [-0.4, -0.2) is 35.5 Å². The first-order valence-corrected chi connectivity index (χ1v) is 8.94. The Hall–Kier alpha value is -2.96. The maximum atomic E-state index is 13.5. The summed E-state index contributed by atoms with van der Waals surface area (Å²) in [6.07, 6.45) is 0.265. The van der Waals surface area contributed by atoms with Gasteiger partial charge in [0.2, 0.25) is 5.91 Å². The number of methoxy groups -OCH3 is 1. The van der Waals surface area contributed by atoms with E-state index in [-0.39, 0.29) is 25.4 Å². The highest BCUT2D eigenvalue weighted by atomic mass is 19.2. The molecule has 0 aliphatic carbocycles. The number of ether oxygens (including phenoxy) is 1. The van der Waals surface area contributed by atoms with Crippen molar-refractivity contribution in [3.05, 3.63) is 65.2 Å². The van der Waals surface area contributed by atoms with Gasteiger partial charge in [0, 0.05) is 13.1 Å². The zero-order chi connectivity index (χ0) is 20.7. The van der Waals surface area contributed by atoms with E-state index in [0.717, 1.165) is 17.7 Å². The van der Waals surface area contributed by atoms with Gasteiger partial charge in [-0.25, -0.2) is 8.78 Å². The van der Waals surface area contributed by atoms with Crippen LogP contribution in [0, 0.1) is 11.6 Å². The van der Waals surface area contributed by atoms with Crippen LogP contribution >= 0.6 is 0 Å². The van der Waals surface area contributed by atoms with Gasteiger partial charge in [-0.1, -0.05) is 25.1 Å². The van der Waals surface area contributed by atoms with Gasteiger partial charge >= 0.3 is 5.97 Å². The molecule has 0 aromatic heterocycles. The summed E-state index contributed by atoms with van der Waals surface area (Å²) in [5, 5.41) is 9.00. The lowest BCUT2D eigenvalue weighted by Gasteiger charge is -2.27. The number of hydrogen-bond acceptors (Lipinski definition) is 3. The number of carbonyl (C=O) groups excluding carboxylic acids is 1. The monoisotopic (exact) mass is 391 g/mol. The first-order chi connectivity index (χ1) is 13.3. The molecule has 0 aliphatic rings. The summed E-state index contributed by atoms with van der Waals surface area (Å²) in [6.45, 7) is 1.83. The number of hydrogen-bond donors (Lipinski definition) is 1. The highest BCUT2D eigenvalue weighted by Crippen LogP contribution is 2.25. The van der Waals surface area contributed by atoms with Gasteiger partial charge in [-0.15, -0.1) is 0 Å².